The van der Waals surface area contributed by atoms with Crippen LogP contribution < -0.4 is 15.0 Å². The van der Waals surface area contributed by atoms with Gasteiger partial charge >= 0.3 is 0 Å². The first-order chi connectivity index (χ1) is 15.1. The highest BCUT2D eigenvalue weighted by molar-refractivity contribution is 6.05. The van der Waals surface area contributed by atoms with Gasteiger partial charge in [-0.1, -0.05) is 0 Å². The summed E-state index contributed by atoms with van der Waals surface area (Å²) in [6, 6.07) is 19.2. The molecule has 156 valence electrons. The van der Waals surface area contributed by atoms with Crippen molar-refractivity contribution in [1.82, 2.24) is 9.55 Å². The zero-order valence-corrected chi connectivity index (χ0v) is 17.0. The lowest BCUT2D eigenvalue weighted by Gasteiger charge is -2.30. The number of imidazole rings is 1. The molecule has 1 aromatic heterocycles. The Morgan fingerprint density at radius 3 is 2.55 bits per heavy atom. The van der Waals surface area contributed by atoms with Crippen LogP contribution >= 0.6 is 0 Å². The van der Waals surface area contributed by atoms with E-state index in [9.17, 15) is 9.18 Å². The molecule has 0 unspecified atom stereocenters. The molecule has 0 bridgehead atoms. The smallest absolute Gasteiger partial charge is 0.255 e. The number of fused-ring (bicyclic) bond motifs is 3. The van der Waals surface area contributed by atoms with E-state index in [1.54, 1.807) is 7.11 Å². The van der Waals surface area contributed by atoms with Gasteiger partial charge in [-0.05, 0) is 66.7 Å². The highest BCUT2D eigenvalue weighted by atomic mass is 19.1. The number of amides is 1. The van der Waals surface area contributed by atoms with E-state index in [0.29, 0.717) is 17.8 Å². The normalized spacial score (nSPS) is 13.2. The maximum Gasteiger partial charge on any atom is 0.255 e. The second-order valence-electron chi connectivity index (χ2n) is 7.46. The van der Waals surface area contributed by atoms with Gasteiger partial charge in [0.25, 0.3) is 5.91 Å². The Morgan fingerprint density at radius 1 is 1.03 bits per heavy atom. The molecule has 1 amide bonds. The Balaban J connectivity index is 1.36. The summed E-state index contributed by atoms with van der Waals surface area (Å²) in [5.41, 5.74) is 4.07. The van der Waals surface area contributed by atoms with E-state index < -0.39 is 0 Å². The number of methoxy groups -OCH3 is 1. The Labute approximate surface area is 178 Å². The van der Waals surface area contributed by atoms with Crippen molar-refractivity contribution in [3.8, 4) is 5.75 Å². The molecule has 1 aliphatic rings. The van der Waals surface area contributed by atoms with Crippen molar-refractivity contribution in [3.63, 3.8) is 0 Å². The molecule has 1 aliphatic heterocycles. The van der Waals surface area contributed by atoms with E-state index in [4.69, 9.17) is 9.72 Å². The third kappa shape index (κ3) is 3.70. The second-order valence-corrected chi connectivity index (χ2v) is 7.46. The summed E-state index contributed by atoms with van der Waals surface area (Å²) in [5.74, 6) is 1.17. The van der Waals surface area contributed by atoms with E-state index >= 15 is 0 Å². The van der Waals surface area contributed by atoms with Crippen LogP contribution in [-0.4, -0.2) is 29.1 Å². The number of hydrogen-bond donors (Lipinski definition) is 1. The van der Waals surface area contributed by atoms with Crippen LogP contribution in [0.5, 0.6) is 5.75 Å². The van der Waals surface area contributed by atoms with Crippen LogP contribution in [-0.2, 0) is 13.1 Å². The topological polar surface area (TPSA) is 59.4 Å². The molecular formula is C24H21FN4O2. The van der Waals surface area contributed by atoms with E-state index in [1.807, 2.05) is 30.3 Å². The van der Waals surface area contributed by atoms with Crippen LogP contribution in [0.2, 0.25) is 0 Å². The van der Waals surface area contributed by atoms with Crippen molar-refractivity contribution in [2.45, 2.75) is 13.1 Å². The zero-order chi connectivity index (χ0) is 21.4. The monoisotopic (exact) mass is 416 g/mol. The Hall–Kier alpha value is -3.87. The molecule has 1 N–H and O–H groups in total. The summed E-state index contributed by atoms with van der Waals surface area (Å²) in [5, 5.41) is 2.86. The number of aromatic nitrogens is 2. The molecule has 0 spiro atoms. The molecule has 0 saturated heterocycles. The van der Waals surface area contributed by atoms with Crippen LogP contribution in [0, 0.1) is 5.82 Å². The Bertz CT molecular complexity index is 1250. The van der Waals surface area contributed by atoms with Gasteiger partial charge in [-0.15, -0.1) is 0 Å². The third-order valence-corrected chi connectivity index (χ3v) is 5.55. The van der Waals surface area contributed by atoms with Crippen molar-refractivity contribution < 1.29 is 13.9 Å². The SMILES string of the molecule is COc1ccc(N2CCn3c(nc4cc(NC(=O)c5ccc(F)cc5)ccc43)C2)cc1. The molecule has 0 fully saturated rings. The minimum Gasteiger partial charge on any atom is -0.497 e. The number of benzene rings is 3. The largest absolute Gasteiger partial charge is 0.497 e. The quantitative estimate of drug-likeness (QED) is 0.534. The molecule has 31 heavy (non-hydrogen) atoms. The van der Waals surface area contributed by atoms with Crippen molar-refractivity contribution in [3.05, 3.63) is 83.9 Å². The molecule has 0 radical (unpaired) electrons. The average Bonchev–Trinajstić information content (AvgIpc) is 3.16. The molecule has 2 heterocycles. The number of nitrogens with zero attached hydrogens (tertiary/aromatic N) is 3. The molecule has 0 aliphatic carbocycles. The van der Waals surface area contributed by atoms with Crippen molar-refractivity contribution in [2.24, 2.45) is 0 Å². The maximum atomic E-state index is 13.1. The molecule has 3 aromatic carbocycles. The van der Waals surface area contributed by atoms with Gasteiger partial charge < -0.3 is 19.5 Å². The first-order valence-corrected chi connectivity index (χ1v) is 10.1. The number of halogens is 1. The molecule has 6 nitrogen and oxygen atoms in total. The first kappa shape index (κ1) is 19.1. The van der Waals surface area contributed by atoms with Crippen LogP contribution in [0.3, 0.4) is 0 Å². The number of anilines is 2. The molecular weight excluding hydrogens is 395 g/mol. The van der Waals surface area contributed by atoms with Gasteiger partial charge in [-0.2, -0.15) is 0 Å². The highest BCUT2D eigenvalue weighted by Gasteiger charge is 2.21. The number of carbonyl (C=O) groups is 1. The van der Waals surface area contributed by atoms with Crippen LogP contribution in [0.15, 0.2) is 66.7 Å². The number of ether oxygens (including phenoxy) is 1. The minimum atomic E-state index is -0.370. The molecule has 5 rings (SSSR count). The first-order valence-electron chi connectivity index (χ1n) is 10.1. The van der Waals surface area contributed by atoms with Crippen molar-refractivity contribution in [1.29, 1.82) is 0 Å². The summed E-state index contributed by atoms with van der Waals surface area (Å²) >= 11 is 0. The fourth-order valence-corrected chi connectivity index (χ4v) is 3.92. The number of rotatable bonds is 4. The summed E-state index contributed by atoms with van der Waals surface area (Å²) in [4.78, 5) is 19.5. The van der Waals surface area contributed by atoms with Crippen LogP contribution in [0.1, 0.15) is 16.2 Å². The van der Waals surface area contributed by atoms with Gasteiger partial charge in [0.1, 0.15) is 17.4 Å². The highest BCUT2D eigenvalue weighted by Crippen LogP contribution is 2.27. The fourth-order valence-electron chi connectivity index (χ4n) is 3.92. The van der Waals surface area contributed by atoms with Gasteiger partial charge in [0, 0.05) is 30.0 Å². The molecule has 7 heteroatoms. The molecule has 0 saturated carbocycles. The van der Waals surface area contributed by atoms with Crippen LogP contribution in [0.4, 0.5) is 15.8 Å². The molecule has 0 atom stereocenters. The second kappa shape index (κ2) is 7.75. The van der Waals surface area contributed by atoms with E-state index in [2.05, 4.69) is 26.9 Å². The van der Waals surface area contributed by atoms with Gasteiger partial charge in [0.15, 0.2) is 0 Å². The lowest BCUT2D eigenvalue weighted by Crippen LogP contribution is -2.33. The Kier molecular flexibility index (Phi) is 4.78. The van der Waals surface area contributed by atoms with Gasteiger partial charge in [-0.25, -0.2) is 9.37 Å². The summed E-state index contributed by atoms with van der Waals surface area (Å²) in [7, 11) is 1.66. The number of carbonyl (C=O) groups excluding carboxylic acids is 1. The summed E-state index contributed by atoms with van der Waals surface area (Å²) in [6.07, 6.45) is 0. The van der Waals surface area contributed by atoms with E-state index in [0.717, 1.165) is 41.4 Å². The fraction of sp³-hybridized carbons (Fsp3) is 0.167. The van der Waals surface area contributed by atoms with Crippen molar-refractivity contribution in [2.75, 3.05) is 23.9 Å². The predicted molar refractivity (Wildman–Crippen MR) is 118 cm³/mol. The zero-order valence-electron chi connectivity index (χ0n) is 17.0. The lowest BCUT2D eigenvalue weighted by atomic mass is 10.2. The van der Waals surface area contributed by atoms with Gasteiger partial charge in [-0.3, -0.25) is 4.79 Å². The van der Waals surface area contributed by atoms with Gasteiger partial charge in [0.05, 0.1) is 24.7 Å². The van der Waals surface area contributed by atoms with Crippen molar-refractivity contribution >= 4 is 28.3 Å². The summed E-state index contributed by atoms with van der Waals surface area (Å²) < 4.78 is 20.5. The maximum absolute atomic E-state index is 13.1. The van der Waals surface area contributed by atoms with Gasteiger partial charge in [0.2, 0.25) is 0 Å². The van der Waals surface area contributed by atoms with E-state index in [-0.39, 0.29) is 11.7 Å². The summed E-state index contributed by atoms with van der Waals surface area (Å²) in [6.45, 7) is 2.42. The average molecular weight is 416 g/mol. The Morgan fingerprint density at radius 2 is 1.81 bits per heavy atom. The third-order valence-electron chi connectivity index (χ3n) is 5.55. The predicted octanol–water partition coefficient (Wildman–Crippen LogP) is 4.46. The minimum absolute atomic E-state index is 0.283. The number of hydrogen-bond acceptors (Lipinski definition) is 4. The number of nitrogens with one attached hydrogen (secondary N) is 1. The van der Waals surface area contributed by atoms with E-state index in [1.165, 1.54) is 24.3 Å². The van der Waals surface area contributed by atoms with Crippen LogP contribution in [0.25, 0.3) is 11.0 Å². The standard InChI is InChI=1S/C24H21FN4O2/c1-31-20-9-7-19(8-10-20)28-12-13-29-22-11-6-18(14-21(22)27-23(29)15-28)26-24(30)16-2-4-17(25)5-3-16/h2-11,14H,12-13,15H2,1H3,(H,26,30). The molecule has 4 aromatic rings. The lowest BCUT2D eigenvalue weighted by molar-refractivity contribution is 0.102.